The maximum Gasteiger partial charge on any atom is 0.274 e. The van der Waals surface area contributed by atoms with Gasteiger partial charge in [-0.25, -0.2) is 9.97 Å². The number of likely N-dealkylation sites (tertiary alicyclic amines) is 1. The van der Waals surface area contributed by atoms with Crippen molar-refractivity contribution in [1.82, 2.24) is 30.4 Å². The van der Waals surface area contributed by atoms with Gasteiger partial charge < -0.3 is 10.2 Å². The Bertz CT molecular complexity index is 807. The topological polar surface area (TPSA) is 86.8 Å². The number of rotatable bonds is 4. The molecule has 2 aromatic heterocycles. The Kier molecular flexibility index (Phi) is 5.20. The van der Waals surface area contributed by atoms with Crippen LogP contribution in [0.3, 0.4) is 0 Å². The Hall–Kier alpha value is -2.28. The standard InChI is InChI=1S/C20H28N6O/c1-13(2)9-16-10-18(25-24-16)20(27)26-7-4-14(5-8-26)19-22-12-15-11-21-6-3-17(15)23-19/h10,12-14,21H,3-9,11H2,1-2H3,(H,24,25). The molecule has 0 saturated carbocycles. The summed E-state index contributed by atoms with van der Waals surface area (Å²) >= 11 is 0. The van der Waals surface area contributed by atoms with Gasteiger partial charge in [-0.05, 0) is 31.2 Å². The lowest BCUT2D eigenvalue weighted by Crippen LogP contribution is -2.38. The Labute approximate surface area is 160 Å². The van der Waals surface area contributed by atoms with Crippen LogP contribution in [0.15, 0.2) is 12.3 Å². The van der Waals surface area contributed by atoms with E-state index in [1.807, 2.05) is 17.2 Å². The van der Waals surface area contributed by atoms with Crippen LogP contribution in [0.5, 0.6) is 0 Å². The van der Waals surface area contributed by atoms with E-state index in [0.717, 1.165) is 63.4 Å². The number of nitrogens with zero attached hydrogens (tertiary/aromatic N) is 4. The molecule has 4 rings (SSSR count). The summed E-state index contributed by atoms with van der Waals surface area (Å²) in [5, 5.41) is 10.6. The van der Waals surface area contributed by atoms with Crippen molar-refractivity contribution in [2.45, 2.75) is 52.0 Å². The Balaban J connectivity index is 1.37. The molecule has 2 aromatic rings. The molecular weight excluding hydrogens is 340 g/mol. The minimum atomic E-state index is 0.0251. The average Bonchev–Trinajstić information content (AvgIpc) is 3.15. The minimum absolute atomic E-state index is 0.0251. The second kappa shape index (κ2) is 7.76. The highest BCUT2D eigenvalue weighted by Gasteiger charge is 2.28. The van der Waals surface area contributed by atoms with E-state index in [4.69, 9.17) is 4.98 Å². The van der Waals surface area contributed by atoms with Crippen LogP contribution in [0.4, 0.5) is 0 Å². The first kappa shape index (κ1) is 18.1. The van der Waals surface area contributed by atoms with E-state index in [0.29, 0.717) is 17.5 Å². The molecule has 1 amide bonds. The van der Waals surface area contributed by atoms with Crippen molar-refractivity contribution in [3.05, 3.63) is 40.7 Å². The first-order valence-corrected chi connectivity index (χ1v) is 9.99. The predicted octanol–water partition coefficient (Wildman–Crippen LogP) is 2.06. The normalized spacial score (nSPS) is 18.0. The molecule has 7 nitrogen and oxygen atoms in total. The third-order valence-corrected chi connectivity index (χ3v) is 5.45. The average molecular weight is 368 g/mol. The minimum Gasteiger partial charge on any atom is -0.337 e. The maximum absolute atomic E-state index is 12.7. The van der Waals surface area contributed by atoms with Gasteiger partial charge in [0.2, 0.25) is 0 Å². The SMILES string of the molecule is CC(C)Cc1cc(C(=O)N2CCC(c3ncc4c(n3)CCNC4)CC2)n[nH]1. The zero-order valence-electron chi connectivity index (χ0n) is 16.2. The zero-order chi connectivity index (χ0) is 18.8. The fraction of sp³-hybridized carbons (Fsp3) is 0.600. The molecule has 4 heterocycles. The lowest BCUT2D eigenvalue weighted by Gasteiger charge is -2.31. The van der Waals surface area contributed by atoms with Crippen molar-refractivity contribution in [3.63, 3.8) is 0 Å². The van der Waals surface area contributed by atoms with E-state index in [1.165, 1.54) is 11.3 Å². The molecule has 144 valence electrons. The highest BCUT2D eigenvalue weighted by atomic mass is 16.2. The van der Waals surface area contributed by atoms with Crippen molar-refractivity contribution in [3.8, 4) is 0 Å². The quantitative estimate of drug-likeness (QED) is 0.863. The van der Waals surface area contributed by atoms with Gasteiger partial charge in [0.25, 0.3) is 5.91 Å². The van der Waals surface area contributed by atoms with Crippen molar-refractivity contribution >= 4 is 5.91 Å². The number of piperidine rings is 1. The van der Waals surface area contributed by atoms with Gasteiger partial charge in [0, 0.05) is 61.7 Å². The summed E-state index contributed by atoms with van der Waals surface area (Å²) < 4.78 is 0. The number of nitrogens with one attached hydrogen (secondary N) is 2. The largest absolute Gasteiger partial charge is 0.337 e. The molecule has 0 unspecified atom stereocenters. The van der Waals surface area contributed by atoms with Crippen LogP contribution >= 0.6 is 0 Å². The number of aromatic nitrogens is 4. The molecule has 27 heavy (non-hydrogen) atoms. The van der Waals surface area contributed by atoms with Gasteiger partial charge in [-0.2, -0.15) is 5.10 Å². The van der Waals surface area contributed by atoms with E-state index in [-0.39, 0.29) is 5.91 Å². The number of hydrogen-bond acceptors (Lipinski definition) is 5. The number of amides is 1. The lowest BCUT2D eigenvalue weighted by molar-refractivity contribution is 0.0705. The highest BCUT2D eigenvalue weighted by molar-refractivity contribution is 5.92. The van der Waals surface area contributed by atoms with Gasteiger partial charge in [0.15, 0.2) is 0 Å². The van der Waals surface area contributed by atoms with Crippen LogP contribution in [0.2, 0.25) is 0 Å². The molecule has 0 atom stereocenters. The Morgan fingerprint density at radius 1 is 1.33 bits per heavy atom. The predicted molar refractivity (Wildman–Crippen MR) is 102 cm³/mol. The molecule has 0 aliphatic carbocycles. The first-order chi connectivity index (χ1) is 13.1. The molecule has 2 aliphatic rings. The fourth-order valence-corrected chi connectivity index (χ4v) is 3.97. The summed E-state index contributed by atoms with van der Waals surface area (Å²) in [4.78, 5) is 24.1. The second-order valence-corrected chi connectivity index (χ2v) is 8.07. The molecule has 0 bridgehead atoms. The number of carbonyl (C=O) groups is 1. The monoisotopic (exact) mass is 368 g/mol. The molecule has 2 N–H and O–H groups in total. The highest BCUT2D eigenvalue weighted by Crippen LogP contribution is 2.27. The van der Waals surface area contributed by atoms with Crippen LogP contribution in [0.1, 0.15) is 65.9 Å². The summed E-state index contributed by atoms with van der Waals surface area (Å²) in [5.74, 6) is 1.85. The van der Waals surface area contributed by atoms with E-state index in [9.17, 15) is 4.79 Å². The lowest BCUT2D eigenvalue weighted by atomic mass is 9.95. The summed E-state index contributed by atoms with van der Waals surface area (Å²) in [6, 6.07) is 1.90. The van der Waals surface area contributed by atoms with Crippen molar-refractivity contribution in [2.24, 2.45) is 5.92 Å². The molecule has 0 radical (unpaired) electrons. The molecule has 1 fully saturated rings. The Morgan fingerprint density at radius 3 is 2.93 bits per heavy atom. The van der Waals surface area contributed by atoms with E-state index in [2.05, 4.69) is 34.3 Å². The Morgan fingerprint density at radius 2 is 2.15 bits per heavy atom. The molecule has 0 aromatic carbocycles. The molecule has 2 aliphatic heterocycles. The van der Waals surface area contributed by atoms with Crippen LogP contribution in [0.25, 0.3) is 0 Å². The van der Waals surface area contributed by atoms with Gasteiger partial charge in [0.1, 0.15) is 11.5 Å². The fourth-order valence-electron chi connectivity index (χ4n) is 3.97. The number of carbonyl (C=O) groups excluding carboxylic acids is 1. The summed E-state index contributed by atoms with van der Waals surface area (Å²) in [5.41, 5.74) is 3.96. The molecular formula is C20H28N6O. The maximum atomic E-state index is 12.7. The van der Waals surface area contributed by atoms with Crippen LogP contribution in [0, 0.1) is 5.92 Å². The summed E-state index contributed by atoms with van der Waals surface area (Å²) in [7, 11) is 0. The number of fused-ring (bicyclic) bond motifs is 1. The second-order valence-electron chi connectivity index (χ2n) is 8.07. The summed E-state index contributed by atoms with van der Waals surface area (Å²) in [6.07, 6.45) is 5.67. The van der Waals surface area contributed by atoms with Gasteiger partial charge in [0.05, 0.1) is 0 Å². The number of aromatic amines is 1. The molecule has 7 heteroatoms. The van der Waals surface area contributed by atoms with Crippen molar-refractivity contribution < 1.29 is 4.79 Å². The number of hydrogen-bond donors (Lipinski definition) is 2. The van der Waals surface area contributed by atoms with E-state index in [1.54, 1.807) is 0 Å². The van der Waals surface area contributed by atoms with Crippen LogP contribution < -0.4 is 5.32 Å². The smallest absolute Gasteiger partial charge is 0.274 e. The first-order valence-electron chi connectivity index (χ1n) is 9.99. The molecule has 1 saturated heterocycles. The van der Waals surface area contributed by atoms with Crippen molar-refractivity contribution in [1.29, 1.82) is 0 Å². The van der Waals surface area contributed by atoms with Gasteiger partial charge in [-0.1, -0.05) is 13.8 Å². The van der Waals surface area contributed by atoms with Crippen molar-refractivity contribution in [2.75, 3.05) is 19.6 Å². The summed E-state index contributed by atoms with van der Waals surface area (Å²) in [6.45, 7) is 7.64. The zero-order valence-corrected chi connectivity index (χ0v) is 16.2. The third-order valence-electron chi connectivity index (χ3n) is 5.45. The van der Waals surface area contributed by atoms with Gasteiger partial charge >= 0.3 is 0 Å². The molecule has 0 spiro atoms. The van der Waals surface area contributed by atoms with Gasteiger partial charge in [-0.3, -0.25) is 9.89 Å². The number of H-pyrrole nitrogens is 1. The van der Waals surface area contributed by atoms with Crippen LogP contribution in [-0.4, -0.2) is 50.6 Å². The third kappa shape index (κ3) is 4.03. The van der Waals surface area contributed by atoms with Gasteiger partial charge in [-0.15, -0.1) is 0 Å². The van der Waals surface area contributed by atoms with E-state index >= 15 is 0 Å². The van der Waals surface area contributed by atoms with E-state index < -0.39 is 0 Å². The van der Waals surface area contributed by atoms with Crippen LogP contribution in [-0.2, 0) is 19.4 Å².